The SMILES string of the molecule is Cc1ccc2nc(CNc3ccccc3N(C)Cc3ccccc3)cc(=O)n2c1. The Balaban J connectivity index is 1.54. The summed E-state index contributed by atoms with van der Waals surface area (Å²) in [6, 6.07) is 24.0. The Morgan fingerprint density at radius 3 is 2.59 bits per heavy atom. The average molecular weight is 384 g/mol. The Labute approximate surface area is 170 Å². The topological polar surface area (TPSA) is 49.6 Å². The van der Waals surface area contributed by atoms with Crippen molar-refractivity contribution >= 4 is 17.0 Å². The Bertz CT molecular complexity index is 1180. The van der Waals surface area contributed by atoms with Crippen LogP contribution in [0.25, 0.3) is 5.65 Å². The van der Waals surface area contributed by atoms with Crippen LogP contribution in [0, 0.1) is 6.92 Å². The quantitative estimate of drug-likeness (QED) is 0.540. The van der Waals surface area contributed by atoms with Crippen molar-refractivity contribution in [2.45, 2.75) is 20.0 Å². The summed E-state index contributed by atoms with van der Waals surface area (Å²) in [4.78, 5) is 19.3. The molecule has 0 saturated heterocycles. The first-order valence-electron chi connectivity index (χ1n) is 9.67. The molecule has 29 heavy (non-hydrogen) atoms. The zero-order valence-corrected chi connectivity index (χ0v) is 16.7. The second-order valence-corrected chi connectivity index (χ2v) is 7.23. The van der Waals surface area contributed by atoms with E-state index in [4.69, 9.17) is 0 Å². The van der Waals surface area contributed by atoms with E-state index in [0.717, 1.165) is 29.2 Å². The number of aryl methyl sites for hydroxylation is 1. The number of fused-ring (bicyclic) bond motifs is 1. The molecule has 0 radical (unpaired) electrons. The van der Waals surface area contributed by atoms with Gasteiger partial charge in [-0.1, -0.05) is 48.5 Å². The fraction of sp³-hybridized carbons (Fsp3) is 0.167. The van der Waals surface area contributed by atoms with E-state index in [1.54, 1.807) is 10.5 Å². The third kappa shape index (κ3) is 4.29. The molecule has 1 N–H and O–H groups in total. The summed E-state index contributed by atoms with van der Waals surface area (Å²) in [7, 11) is 2.08. The van der Waals surface area contributed by atoms with Gasteiger partial charge >= 0.3 is 0 Å². The number of rotatable bonds is 6. The fourth-order valence-electron chi connectivity index (χ4n) is 3.43. The third-order valence-electron chi connectivity index (χ3n) is 4.90. The number of aromatic nitrogens is 2. The van der Waals surface area contributed by atoms with E-state index in [1.807, 2.05) is 49.5 Å². The van der Waals surface area contributed by atoms with Gasteiger partial charge in [-0.2, -0.15) is 0 Å². The van der Waals surface area contributed by atoms with Crippen molar-refractivity contribution in [3.63, 3.8) is 0 Å². The summed E-state index contributed by atoms with van der Waals surface area (Å²) < 4.78 is 1.58. The normalized spacial score (nSPS) is 10.8. The van der Waals surface area contributed by atoms with E-state index in [9.17, 15) is 4.79 Å². The summed E-state index contributed by atoms with van der Waals surface area (Å²) in [5.74, 6) is 0. The summed E-state index contributed by atoms with van der Waals surface area (Å²) >= 11 is 0. The molecule has 2 heterocycles. The average Bonchev–Trinajstić information content (AvgIpc) is 2.74. The van der Waals surface area contributed by atoms with Gasteiger partial charge in [0.15, 0.2) is 0 Å². The maximum absolute atomic E-state index is 12.4. The Morgan fingerprint density at radius 1 is 1.00 bits per heavy atom. The zero-order chi connectivity index (χ0) is 20.2. The molecule has 2 aromatic carbocycles. The number of benzene rings is 2. The van der Waals surface area contributed by atoms with Gasteiger partial charge in [0.2, 0.25) is 0 Å². The molecule has 0 aliphatic rings. The van der Waals surface area contributed by atoms with Gasteiger partial charge < -0.3 is 10.2 Å². The Kier molecular flexibility index (Phi) is 5.29. The first-order valence-corrected chi connectivity index (χ1v) is 9.67. The molecule has 0 spiro atoms. The maximum atomic E-state index is 12.4. The van der Waals surface area contributed by atoms with Crippen LogP contribution in [0.5, 0.6) is 0 Å². The lowest BCUT2D eigenvalue weighted by Crippen LogP contribution is -2.19. The molecule has 0 atom stereocenters. The molecule has 146 valence electrons. The van der Waals surface area contributed by atoms with Crippen molar-refractivity contribution < 1.29 is 0 Å². The second-order valence-electron chi connectivity index (χ2n) is 7.23. The highest BCUT2D eigenvalue weighted by atomic mass is 16.1. The van der Waals surface area contributed by atoms with E-state index < -0.39 is 0 Å². The largest absolute Gasteiger partial charge is 0.378 e. The van der Waals surface area contributed by atoms with E-state index in [-0.39, 0.29) is 5.56 Å². The summed E-state index contributed by atoms with van der Waals surface area (Å²) in [6.45, 7) is 3.26. The van der Waals surface area contributed by atoms with E-state index in [2.05, 4.69) is 52.6 Å². The van der Waals surface area contributed by atoms with Gasteiger partial charge in [-0.15, -0.1) is 0 Å². The van der Waals surface area contributed by atoms with Crippen molar-refractivity contribution in [3.05, 3.63) is 106 Å². The van der Waals surface area contributed by atoms with Crippen molar-refractivity contribution in [3.8, 4) is 0 Å². The summed E-state index contributed by atoms with van der Waals surface area (Å²) in [5.41, 5.74) is 5.71. The highest BCUT2D eigenvalue weighted by Gasteiger charge is 2.09. The number of hydrogen-bond acceptors (Lipinski definition) is 4. The van der Waals surface area contributed by atoms with Gasteiger partial charge in [-0.25, -0.2) is 4.98 Å². The molecule has 0 aliphatic heterocycles. The van der Waals surface area contributed by atoms with Crippen LogP contribution in [0.3, 0.4) is 0 Å². The minimum Gasteiger partial charge on any atom is -0.378 e. The monoisotopic (exact) mass is 384 g/mol. The number of nitrogens with zero attached hydrogens (tertiary/aromatic N) is 3. The van der Waals surface area contributed by atoms with Crippen LogP contribution in [-0.2, 0) is 13.1 Å². The lowest BCUT2D eigenvalue weighted by molar-refractivity contribution is 0.918. The highest BCUT2D eigenvalue weighted by Crippen LogP contribution is 2.26. The first kappa shape index (κ1) is 18.7. The lowest BCUT2D eigenvalue weighted by Gasteiger charge is -2.23. The van der Waals surface area contributed by atoms with Crippen molar-refractivity contribution in [1.82, 2.24) is 9.38 Å². The molecule has 0 bridgehead atoms. The summed E-state index contributed by atoms with van der Waals surface area (Å²) in [5, 5.41) is 3.45. The molecule has 0 fully saturated rings. The molecule has 0 aliphatic carbocycles. The van der Waals surface area contributed by atoms with Crippen molar-refractivity contribution in [2.75, 3.05) is 17.3 Å². The number of hydrogen-bond donors (Lipinski definition) is 1. The van der Waals surface area contributed by atoms with Crippen LogP contribution in [0.2, 0.25) is 0 Å². The van der Waals surface area contributed by atoms with Gasteiger partial charge in [0.1, 0.15) is 5.65 Å². The molecule has 4 rings (SSSR count). The first-order chi connectivity index (χ1) is 14.1. The lowest BCUT2D eigenvalue weighted by atomic mass is 10.2. The Hall–Kier alpha value is -3.60. The molecule has 5 heteroatoms. The van der Waals surface area contributed by atoms with Crippen LogP contribution < -0.4 is 15.8 Å². The van der Waals surface area contributed by atoms with Gasteiger partial charge in [0.05, 0.1) is 23.6 Å². The van der Waals surface area contributed by atoms with Crippen LogP contribution in [-0.4, -0.2) is 16.4 Å². The van der Waals surface area contributed by atoms with Gasteiger partial charge in [0.25, 0.3) is 5.56 Å². The zero-order valence-electron chi connectivity index (χ0n) is 16.7. The predicted molar refractivity (Wildman–Crippen MR) is 119 cm³/mol. The highest BCUT2D eigenvalue weighted by molar-refractivity contribution is 5.69. The molecule has 2 aromatic heterocycles. The van der Waals surface area contributed by atoms with Crippen LogP contribution in [0.15, 0.2) is 83.8 Å². The number of pyridine rings is 1. The van der Waals surface area contributed by atoms with Crippen LogP contribution >= 0.6 is 0 Å². The molecule has 0 amide bonds. The summed E-state index contributed by atoms with van der Waals surface area (Å²) in [6.07, 6.45) is 1.82. The molecule has 4 aromatic rings. The van der Waals surface area contributed by atoms with Gasteiger partial charge in [-0.3, -0.25) is 9.20 Å². The number of para-hydroxylation sites is 2. The standard InChI is InChI=1S/C24H24N4O/c1-18-12-13-23-26-20(14-24(29)28(23)16-18)15-25-21-10-6-7-11-22(21)27(2)17-19-8-4-3-5-9-19/h3-14,16,25H,15,17H2,1-2H3. The molecular formula is C24H24N4O. The minimum absolute atomic E-state index is 0.0648. The number of nitrogens with one attached hydrogen (secondary N) is 1. The molecule has 0 unspecified atom stereocenters. The number of anilines is 2. The van der Waals surface area contributed by atoms with E-state index in [1.165, 1.54) is 5.56 Å². The fourth-order valence-corrected chi connectivity index (χ4v) is 3.43. The van der Waals surface area contributed by atoms with Crippen LogP contribution in [0.4, 0.5) is 11.4 Å². The van der Waals surface area contributed by atoms with E-state index >= 15 is 0 Å². The minimum atomic E-state index is -0.0648. The van der Waals surface area contributed by atoms with E-state index in [0.29, 0.717) is 12.2 Å². The maximum Gasteiger partial charge on any atom is 0.258 e. The van der Waals surface area contributed by atoms with Crippen LogP contribution in [0.1, 0.15) is 16.8 Å². The molecule has 5 nitrogen and oxygen atoms in total. The predicted octanol–water partition coefficient (Wildman–Crippen LogP) is 4.25. The van der Waals surface area contributed by atoms with Crippen molar-refractivity contribution in [1.29, 1.82) is 0 Å². The van der Waals surface area contributed by atoms with Gasteiger partial charge in [0, 0.05) is 25.9 Å². The Morgan fingerprint density at radius 2 is 1.76 bits per heavy atom. The van der Waals surface area contributed by atoms with Crippen molar-refractivity contribution in [2.24, 2.45) is 0 Å². The van der Waals surface area contributed by atoms with Gasteiger partial charge in [-0.05, 0) is 36.2 Å². The molecular weight excluding hydrogens is 360 g/mol. The second kappa shape index (κ2) is 8.19. The smallest absolute Gasteiger partial charge is 0.258 e. The molecule has 0 saturated carbocycles. The third-order valence-corrected chi connectivity index (χ3v) is 4.90.